The maximum atomic E-state index is 12.3. The minimum atomic E-state index is -0.528. The van der Waals surface area contributed by atoms with E-state index in [1.54, 1.807) is 60.7 Å². The molecule has 0 fully saturated rings. The van der Waals surface area contributed by atoms with Crippen LogP contribution in [0.5, 0.6) is 11.5 Å². The number of nitro benzene ring substituents is 1. The number of nitrogen functional groups attached to an aromatic ring is 1. The van der Waals surface area contributed by atoms with Gasteiger partial charge in [0.1, 0.15) is 22.7 Å². The van der Waals surface area contributed by atoms with E-state index in [-0.39, 0.29) is 5.69 Å². The third kappa shape index (κ3) is 9.09. The minimum Gasteiger partial charge on any atom is -0.493 e. The van der Waals surface area contributed by atoms with Gasteiger partial charge >= 0.3 is 11.3 Å². The van der Waals surface area contributed by atoms with Crippen molar-refractivity contribution in [1.82, 2.24) is 0 Å². The largest absolute Gasteiger partial charge is 0.493 e. The summed E-state index contributed by atoms with van der Waals surface area (Å²) < 4.78 is 21.9. The first-order valence-corrected chi connectivity index (χ1v) is 15.4. The van der Waals surface area contributed by atoms with Crippen LogP contribution >= 0.6 is 0 Å². The second kappa shape index (κ2) is 16.9. The van der Waals surface area contributed by atoms with E-state index in [0.29, 0.717) is 84.3 Å². The lowest BCUT2D eigenvalue weighted by Gasteiger charge is -2.07. The highest BCUT2D eigenvalue weighted by Crippen LogP contribution is 2.27. The molecular weight excluding hydrogens is 648 g/mol. The molecule has 0 atom stereocenters. The van der Waals surface area contributed by atoms with Crippen LogP contribution in [0.2, 0.25) is 0 Å². The molecule has 0 radical (unpaired) electrons. The van der Waals surface area contributed by atoms with Crippen molar-refractivity contribution in [3.63, 3.8) is 0 Å². The van der Waals surface area contributed by atoms with E-state index >= 15 is 0 Å². The van der Waals surface area contributed by atoms with Gasteiger partial charge in [-0.15, -0.1) is 0 Å². The molecule has 14 heteroatoms. The normalized spacial score (nSPS) is 10.8. The summed E-state index contributed by atoms with van der Waals surface area (Å²) in [6.07, 6.45) is 1.31. The quantitative estimate of drug-likeness (QED) is 0.0436. The molecule has 14 nitrogen and oxygen atoms in total. The van der Waals surface area contributed by atoms with Crippen LogP contribution < -0.4 is 38.3 Å². The number of hydrogen-bond acceptors (Lipinski definition) is 13. The van der Waals surface area contributed by atoms with Gasteiger partial charge in [-0.1, -0.05) is 12.1 Å². The number of hydrogen-bond donors (Lipinski definition) is 3. The standard InChI is InChI=1S/C18H16N2O6.C18H18N2O4/c19-25-9-1-8-24-15-7-4-13-10-16(18(21)26-17(13)11-15)12-2-5-14(6-3-12)20(22)23;19-14-5-2-12(3-6-14)16-10-13-4-7-15(22-8-1-9-23-20)11-17(13)24-18(16)21/h2-7,10-11H,1,8-9,19H2;2-7,10-11H,1,8-9,19-20H2. The van der Waals surface area contributed by atoms with Gasteiger partial charge in [-0.3, -0.25) is 10.1 Å². The number of nitrogens with zero attached hydrogens (tertiary/aromatic N) is 1. The highest BCUT2D eigenvalue weighted by Gasteiger charge is 2.12. The summed E-state index contributed by atoms with van der Waals surface area (Å²) in [5, 5.41) is 12.3. The Hall–Kier alpha value is -6.06. The molecule has 0 saturated heterocycles. The maximum absolute atomic E-state index is 12.3. The van der Waals surface area contributed by atoms with Crippen LogP contribution in [0.1, 0.15) is 12.8 Å². The molecule has 0 aliphatic rings. The lowest BCUT2D eigenvalue weighted by Crippen LogP contribution is -2.06. The molecule has 2 aromatic heterocycles. The number of nitrogens with two attached hydrogens (primary N) is 3. The third-order valence-corrected chi connectivity index (χ3v) is 7.38. The Bertz CT molecular complexity index is 2180. The summed E-state index contributed by atoms with van der Waals surface area (Å²) in [6, 6.07) is 26.9. The second-order valence-electron chi connectivity index (χ2n) is 10.9. The van der Waals surface area contributed by atoms with E-state index in [1.807, 2.05) is 12.1 Å². The summed E-state index contributed by atoms with van der Waals surface area (Å²) in [5.41, 5.74) is 8.37. The van der Waals surface area contributed by atoms with Gasteiger partial charge in [0.2, 0.25) is 0 Å². The highest BCUT2D eigenvalue weighted by molar-refractivity contribution is 5.84. The summed E-state index contributed by atoms with van der Waals surface area (Å²) >= 11 is 0. The van der Waals surface area contributed by atoms with Crippen LogP contribution in [0.15, 0.2) is 115 Å². The number of fused-ring (bicyclic) bond motifs is 2. The van der Waals surface area contributed by atoms with Gasteiger partial charge in [0.15, 0.2) is 0 Å². The van der Waals surface area contributed by atoms with Gasteiger partial charge in [0, 0.05) is 53.6 Å². The fraction of sp³-hybridized carbons (Fsp3) is 0.167. The number of rotatable bonds is 13. The molecule has 6 aromatic rings. The molecule has 50 heavy (non-hydrogen) atoms. The van der Waals surface area contributed by atoms with Crippen molar-refractivity contribution in [1.29, 1.82) is 0 Å². The predicted molar refractivity (Wildman–Crippen MR) is 187 cm³/mol. The Morgan fingerprint density at radius 2 is 1.04 bits per heavy atom. The second-order valence-corrected chi connectivity index (χ2v) is 10.9. The van der Waals surface area contributed by atoms with Crippen LogP contribution in [0, 0.1) is 10.1 Å². The van der Waals surface area contributed by atoms with Crippen molar-refractivity contribution < 1.29 is 32.9 Å². The molecule has 0 saturated carbocycles. The smallest absolute Gasteiger partial charge is 0.344 e. The monoisotopic (exact) mass is 682 g/mol. The van der Waals surface area contributed by atoms with Crippen molar-refractivity contribution in [2.75, 3.05) is 32.2 Å². The van der Waals surface area contributed by atoms with Crippen molar-refractivity contribution >= 4 is 33.3 Å². The van der Waals surface area contributed by atoms with E-state index in [2.05, 4.69) is 9.68 Å². The number of ether oxygens (including phenoxy) is 2. The molecule has 2 heterocycles. The SMILES string of the molecule is NOCCCOc1ccc2cc(-c3ccc(N)cc3)c(=O)oc2c1.NOCCCOc1ccc2cc(-c3ccc([N+](=O)[O-])cc3)c(=O)oc2c1. The summed E-state index contributed by atoms with van der Waals surface area (Å²) in [5.74, 6) is 11.1. The van der Waals surface area contributed by atoms with Gasteiger partial charge in [0.05, 0.1) is 42.5 Å². The Balaban J connectivity index is 0.000000195. The molecule has 0 aliphatic carbocycles. The molecule has 6 N–H and O–H groups in total. The number of nitro groups is 1. The van der Waals surface area contributed by atoms with E-state index in [9.17, 15) is 19.7 Å². The predicted octanol–water partition coefficient (Wildman–Crippen LogP) is 5.73. The van der Waals surface area contributed by atoms with Crippen LogP contribution in [-0.4, -0.2) is 31.4 Å². The highest BCUT2D eigenvalue weighted by atomic mass is 16.6. The molecule has 258 valence electrons. The number of non-ortho nitro benzene ring substituents is 1. The molecule has 0 bridgehead atoms. The average Bonchev–Trinajstić information content (AvgIpc) is 3.12. The Morgan fingerprint density at radius 3 is 1.46 bits per heavy atom. The van der Waals surface area contributed by atoms with Gasteiger partial charge in [-0.2, -0.15) is 0 Å². The lowest BCUT2D eigenvalue weighted by atomic mass is 10.1. The first kappa shape index (κ1) is 35.3. The van der Waals surface area contributed by atoms with E-state index < -0.39 is 16.2 Å². The molecule has 0 unspecified atom stereocenters. The Kier molecular flexibility index (Phi) is 11.9. The van der Waals surface area contributed by atoms with E-state index in [4.69, 9.17) is 35.8 Å². The van der Waals surface area contributed by atoms with Crippen LogP contribution in [-0.2, 0) is 9.68 Å². The van der Waals surface area contributed by atoms with Gasteiger partial charge < -0.3 is 33.7 Å². The van der Waals surface area contributed by atoms with Crippen LogP contribution in [0.4, 0.5) is 11.4 Å². The van der Waals surface area contributed by atoms with Crippen molar-refractivity contribution in [3.8, 4) is 33.8 Å². The molecule has 6 rings (SSSR count). The molecule has 0 spiro atoms. The zero-order valence-electron chi connectivity index (χ0n) is 26.7. The molecule has 0 amide bonds. The fourth-order valence-corrected chi connectivity index (χ4v) is 4.86. The maximum Gasteiger partial charge on any atom is 0.344 e. The summed E-state index contributed by atoms with van der Waals surface area (Å²) in [4.78, 5) is 43.7. The van der Waals surface area contributed by atoms with Gasteiger partial charge in [0.25, 0.3) is 5.69 Å². The Labute approximate surface area is 284 Å². The molecular formula is C36H34N4O10. The zero-order chi connectivity index (χ0) is 35.5. The van der Waals surface area contributed by atoms with Crippen molar-refractivity contribution in [2.45, 2.75) is 12.8 Å². The van der Waals surface area contributed by atoms with Gasteiger partial charge in [-0.25, -0.2) is 21.4 Å². The number of benzene rings is 4. The van der Waals surface area contributed by atoms with E-state index in [1.165, 1.54) is 24.3 Å². The van der Waals surface area contributed by atoms with Crippen molar-refractivity contribution in [2.24, 2.45) is 11.8 Å². The van der Waals surface area contributed by atoms with E-state index in [0.717, 1.165) is 16.3 Å². The zero-order valence-corrected chi connectivity index (χ0v) is 26.7. The first-order chi connectivity index (χ1) is 24.2. The Morgan fingerprint density at radius 1 is 0.600 bits per heavy atom. The third-order valence-electron chi connectivity index (χ3n) is 7.38. The minimum absolute atomic E-state index is 0.0410. The van der Waals surface area contributed by atoms with Crippen molar-refractivity contribution in [3.05, 3.63) is 128 Å². The first-order valence-electron chi connectivity index (χ1n) is 15.4. The van der Waals surface area contributed by atoms with Gasteiger partial charge in [-0.05, 0) is 71.8 Å². The number of anilines is 1. The topological polar surface area (TPSA) is 219 Å². The summed E-state index contributed by atoms with van der Waals surface area (Å²) in [6.45, 7) is 1.71. The van der Waals surface area contributed by atoms with Crippen LogP contribution in [0.25, 0.3) is 44.2 Å². The fourth-order valence-electron chi connectivity index (χ4n) is 4.86. The molecule has 4 aromatic carbocycles. The summed E-state index contributed by atoms with van der Waals surface area (Å²) in [7, 11) is 0. The lowest BCUT2D eigenvalue weighted by molar-refractivity contribution is -0.384. The average molecular weight is 683 g/mol. The molecule has 0 aliphatic heterocycles. The van der Waals surface area contributed by atoms with Crippen LogP contribution in [0.3, 0.4) is 0 Å².